The number of pyridine rings is 1. The molecular weight excluding hydrogens is 300 g/mol. The summed E-state index contributed by atoms with van der Waals surface area (Å²) in [5.74, 6) is -1.25. The zero-order chi connectivity index (χ0) is 14.5. The molecule has 0 saturated heterocycles. The van der Waals surface area contributed by atoms with Crippen LogP contribution in [0.25, 0.3) is 10.9 Å². The Morgan fingerprint density at radius 2 is 2.10 bits per heavy atom. The molecule has 0 spiro atoms. The lowest BCUT2D eigenvalue weighted by Crippen LogP contribution is -2.15. The van der Waals surface area contributed by atoms with Crippen molar-refractivity contribution in [2.75, 3.05) is 16.8 Å². The monoisotopic (exact) mass is 310 g/mol. The Bertz CT molecular complexity index is 663. The van der Waals surface area contributed by atoms with E-state index in [1.54, 1.807) is 24.4 Å². The molecule has 0 radical (unpaired) electrons. The highest BCUT2D eigenvalue weighted by Crippen LogP contribution is 2.27. The molecule has 5 nitrogen and oxygen atoms in total. The number of benzene rings is 1. The third-order valence-electron chi connectivity index (χ3n) is 2.45. The number of aliphatic carboxylic acids is 1. The normalized spacial score (nSPS) is 10.4. The largest absolute Gasteiger partial charge is 0.481 e. The molecule has 7 heteroatoms. The van der Waals surface area contributed by atoms with Gasteiger partial charge in [0.1, 0.15) is 0 Å². The summed E-state index contributed by atoms with van der Waals surface area (Å²) in [5, 5.41) is 12.5. The number of carbonyl (C=O) groups excluding carboxylic acids is 1. The predicted molar refractivity (Wildman–Crippen MR) is 80.3 cm³/mol. The number of carboxylic acid groups (broad SMARTS) is 1. The highest BCUT2D eigenvalue weighted by Gasteiger charge is 2.09. The minimum atomic E-state index is -0.943. The lowest BCUT2D eigenvalue weighted by Gasteiger charge is -2.08. The second kappa shape index (κ2) is 6.58. The van der Waals surface area contributed by atoms with Gasteiger partial charge in [-0.2, -0.15) is 0 Å². The second-order valence-electron chi connectivity index (χ2n) is 3.93. The van der Waals surface area contributed by atoms with E-state index in [9.17, 15) is 9.59 Å². The number of nitrogens with zero attached hydrogens (tertiary/aromatic N) is 1. The molecule has 0 saturated carbocycles. The zero-order valence-electron chi connectivity index (χ0n) is 10.3. The number of halogens is 1. The molecule has 0 aliphatic heterocycles. The highest BCUT2D eigenvalue weighted by molar-refractivity contribution is 8.00. The van der Waals surface area contributed by atoms with Crippen molar-refractivity contribution in [3.63, 3.8) is 0 Å². The van der Waals surface area contributed by atoms with Gasteiger partial charge < -0.3 is 10.4 Å². The number of hydrogen-bond acceptors (Lipinski definition) is 4. The Hall–Kier alpha value is -1.79. The number of aromatic nitrogens is 1. The SMILES string of the molecule is O=C(O)CSCC(=O)Nc1ccc(Cl)c2cccnc12. The number of thioether (sulfide) groups is 1. The van der Waals surface area contributed by atoms with Gasteiger partial charge in [0.25, 0.3) is 0 Å². The lowest BCUT2D eigenvalue weighted by molar-refractivity contribution is -0.133. The maximum atomic E-state index is 11.7. The summed E-state index contributed by atoms with van der Waals surface area (Å²) in [6.45, 7) is 0. The number of rotatable bonds is 5. The van der Waals surface area contributed by atoms with Crippen molar-refractivity contribution in [3.8, 4) is 0 Å². The number of hydrogen-bond donors (Lipinski definition) is 2. The summed E-state index contributed by atoms with van der Waals surface area (Å²) in [6, 6.07) is 6.95. The smallest absolute Gasteiger partial charge is 0.313 e. The summed E-state index contributed by atoms with van der Waals surface area (Å²) in [7, 11) is 0. The predicted octanol–water partition coefficient (Wildman–Crippen LogP) is 2.64. The number of carbonyl (C=O) groups is 2. The van der Waals surface area contributed by atoms with E-state index in [0.717, 1.165) is 17.1 Å². The third kappa shape index (κ3) is 3.61. The first kappa shape index (κ1) is 14.6. The average molecular weight is 311 g/mol. The van der Waals surface area contributed by atoms with Crippen LogP contribution >= 0.6 is 23.4 Å². The van der Waals surface area contributed by atoms with Crippen molar-refractivity contribution in [3.05, 3.63) is 35.5 Å². The standard InChI is InChI=1S/C13H11ClN2O3S/c14-9-3-4-10(13-8(9)2-1-5-15-13)16-11(17)6-20-7-12(18)19/h1-5H,6-7H2,(H,16,17)(H,18,19). The van der Waals surface area contributed by atoms with Crippen LogP contribution in [0.15, 0.2) is 30.5 Å². The van der Waals surface area contributed by atoms with E-state index in [2.05, 4.69) is 10.3 Å². The number of nitrogens with one attached hydrogen (secondary N) is 1. The Morgan fingerprint density at radius 1 is 1.30 bits per heavy atom. The zero-order valence-corrected chi connectivity index (χ0v) is 11.9. The maximum Gasteiger partial charge on any atom is 0.313 e. The minimum Gasteiger partial charge on any atom is -0.481 e. The second-order valence-corrected chi connectivity index (χ2v) is 5.32. The van der Waals surface area contributed by atoms with Crippen LogP contribution < -0.4 is 5.32 Å². The van der Waals surface area contributed by atoms with Crippen LogP contribution in [-0.2, 0) is 9.59 Å². The fourth-order valence-electron chi connectivity index (χ4n) is 1.66. The molecular formula is C13H11ClN2O3S. The average Bonchev–Trinajstić information content (AvgIpc) is 2.42. The molecule has 1 amide bonds. The topological polar surface area (TPSA) is 79.3 Å². The van der Waals surface area contributed by atoms with Crippen LogP contribution in [0, 0.1) is 0 Å². The van der Waals surface area contributed by atoms with Gasteiger partial charge in [-0.1, -0.05) is 11.6 Å². The molecule has 0 unspecified atom stereocenters. The molecule has 2 aromatic rings. The van der Waals surface area contributed by atoms with Gasteiger partial charge in [0.2, 0.25) is 5.91 Å². The van der Waals surface area contributed by atoms with Gasteiger partial charge >= 0.3 is 5.97 Å². The quantitative estimate of drug-likeness (QED) is 0.887. The molecule has 0 atom stereocenters. The molecule has 20 heavy (non-hydrogen) atoms. The van der Waals surface area contributed by atoms with Crippen molar-refractivity contribution in [2.24, 2.45) is 0 Å². The van der Waals surface area contributed by atoms with E-state index >= 15 is 0 Å². The highest BCUT2D eigenvalue weighted by atomic mass is 35.5. The van der Waals surface area contributed by atoms with Gasteiger partial charge in [0.15, 0.2) is 0 Å². The molecule has 2 N–H and O–H groups in total. The Balaban J connectivity index is 2.12. The van der Waals surface area contributed by atoms with E-state index in [4.69, 9.17) is 16.7 Å². The number of fused-ring (bicyclic) bond motifs is 1. The van der Waals surface area contributed by atoms with E-state index in [-0.39, 0.29) is 17.4 Å². The molecule has 0 aliphatic rings. The summed E-state index contributed by atoms with van der Waals surface area (Å²) in [6.07, 6.45) is 1.62. The Kier molecular flexibility index (Phi) is 4.81. The van der Waals surface area contributed by atoms with E-state index < -0.39 is 5.97 Å². The van der Waals surface area contributed by atoms with Crippen LogP contribution in [0.4, 0.5) is 5.69 Å². The van der Waals surface area contributed by atoms with Gasteiger partial charge in [-0.3, -0.25) is 14.6 Å². The van der Waals surface area contributed by atoms with Crippen LogP contribution in [0.3, 0.4) is 0 Å². The fourth-order valence-corrected chi connectivity index (χ4v) is 2.41. The summed E-state index contributed by atoms with van der Waals surface area (Å²) < 4.78 is 0. The van der Waals surface area contributed by atoms with E-state index in [0.29, 0.717) is 16.2 Å². The molecule has 1 aromatic heterocycles. The molecule has 0 bridgehead atoms. The number of anilines is 1. The van der Waals surface area contributed by atoms with Crippen LogP contribution in [0.5, 0.6) is 0 Å². The Morgan fingerprint density at radius 3 is 2.85 bits per heavy atom. The van der Waals surface area contributed by atoms with Crippen molar-refractivity contribution < 1.29 is 14.7 Å². The molecule has 1 aromatic carbocycles. The number of carboxylic acids is 1. The van der Waals surface area contributed by atoms with E-state index in [1.165, 1.54) is 0 Å². The van der Waals surface area contributed by atoms with Gasteiger partial charge in [-0.05, 0) is 24.3 Å². The van der Waals surface area contributed by atoms with Crippen molar-refractivity contribution in [2.45, 2.75) is 0 Å². The van der Waals surface area contributed by atoms with Crippen molar-refractivity contribution in [1.82, 2.24) is 4.98 Å². The van der Waals surface area contributed by atoms with Crippen molar-refractivity contribution >= 4 is 51.8 Å². The van der Waals surface area contributed by atoms with E-state index in [1.807, 2.05) is 6.07 Å². The molecule has 1 heterocycles. The maximum absolute atomic E-state index is 11.7. The molecule has 2 rings (SSSR count). The van der Waals surface area contributed by atoms with Gasteiger partial charge in [-0.15, -0.1) is 11.8 Å². The van der Waals surface area contributed by atoms with Crippen LogP contribution in [-0.4, -0.2) is 33.5 Å². The van der Waals surface area contributed by atoms with Gasteiger partial charge in [-0.25, -0.2) is 0 Å². The third-order valence-corrected chi connectivity index (χ3v) is 3.70. The lowest BCUT2D eigenvalue weighted by atomic mass is 10.2. The summed E-state index contributed by atoms with van der Waals surface area (Å²) in [4.78, 5) is 26.3. The van der Waals surface area contributed by atoms with Crippen LogP contribution in [0.1, 0.15) is 0 Å². The minimum absolute atomic E-state index is 0.0727. The molecule has 104 valence electrons. The van der Waals surface area contributed by atoms with Crippen LogP contribution in [0.2, 0.25) is 5.02 Å². The van der Waals surface area contributed by atoms with Crippen molar-refractivity contribution in [1.29, 1.82) is 0 Å². The first-order valence-corrected chi connectivity index (χ1v) is 7.24. The first-order chi connectivity index (χ1) is 9.58. The number of amides is 1. The fraction of sp³-hybridized carbons (Fsp3) is 0.154. The first-order valence-electron chi connectivity index (χ1n) is 5.70. The van der Waals surface area contributed by atoms with Gasteiger partial charge in [0.05, 0.1) is 27.7 Å². The molecule has 0 fully saturated rings. The van der Waals surface area contributed by atoms with Gasteiger partial charge in [0, 0.05) is 11.6 Å². The molecule has 0 aliphatic carbocycles. The summed E-state index contributed by atoms with van der Waals surface area (Å²) in [5.41, 5.74) is 1.17. The Labute approximate surface area is 124 Å². The summed E-state index contributed by atoms with van der Waals surface area (Å²) >= 11 is 7.10.